The van der Waals surface area contributed by atoms with Gasteiger partial charge in [-0.1, -0.05) is 24.3 Å². The van der Waals surface area contributed by atoms with Crippen LogP contribution in [0.25, 0.3) is 11.0 Å². The summed E-state index contributed by atoms with van der Waals surface area (Å²) in [5, 5.41) is 28.5. The van der Waals surface area contributed by atoms with E-state index in [-0.39, 0.29) is 30.9 Å². The Morgan fingerprint density at radius 3 is 2.69 bits per heavy atom. The first-order valence-electron chi connectivity index (χ1n) is 18.3. The van der Waals surface area contributed by atoms with E-state index in [0.29, 0.717) is 70.4 Å². The molecule has 14 heteroatoms. The summed E-state index contributed by atoms with van der Waals surface area (Å²) in [5.74, 6) is 1.47. The molecule has 0 aliphatic carbocycles. The van der Waals surface area contributed by atoms with Gasteiger partial charge >= 0.3 is 11.9 Å². The van der Waals surface area contributed by atoms with Gasteiger partial charge in [-0.25, -0.2) is 4.79 Å². The van der Waals surface area contributed by atoms with E-state index in [1.165, 1.54) is 18.7 Å². The van der Waals surface area contributed by atoms with Crippen molar-refractivity contribution in [3.8, 4) is 28.7 Å². The molecule has 1 spiro atoms. The molecule has 2 unspecified atom stereocenters. The molecule has 1 aromatic heterocycles. The molecular weight excluding hydrogens is 715 g/mol. The van der Waals surface area contributed by atoms with Crippen molar-refractivity contribution in [2.45, 2.75) is 74.8 Å². The molecule has 3 aromatic carbocycles. The summed E-state index contributed by atoms with van der Waals surface area (Å²) in [4.78, 5) is 31.8. The number of nitrogens with zero attached hydrogens (tertiary/aromatic N) is 2. The monoisotopic (exact) mass is 755 g/mol. The first-order valence-corrected chi connectivity index (χ1v) is 19.4. The van der Waals surface area contributed by atoms with Gasteiger partial charge in [0, 0.05) is 58.5 Å². The molecule has 54 heavy (non-hydrogen) atoms. The highest BCUT2D eigenvalue weighted by atomic mass is 32.2. The van der Waals surface area contributed by atoms with Crippen molar-refractivity contribution in [3.05, 3.63) is 75.0 Å². The van der Waals surface area contributed by atoms with Crippen LogP contribution in [-0.2, 0) is 32.7 Å². The van der Waals surface area contributed by atoms with Gasteiger partial charge in [0.2, 0.25) is 6.79 Å². The largest absolute Gasteiger partial charge is 0.504 e. The number of esters is 2. The van der Waals surface area contributed by atoms with Crippen molar-refractivity contribution in [3.63, 3.8) is 0 Å². The van der Waals surface area contributed by atoms with Gasteiger partial charge < -0.3 is 38.3 Å². The van der Waals surface area contributed by atoms with Gasteiger partial charge in [0.1, 0.15) is 29.9 Å². The van der Waals surface area contributed by atoms with E-state index in [9.17, 15) is 19.8 Å². The molecule has 7 aliphatic rings. The number of thioether (sulfide) groups is 1. The van der Waals surface area contributed by atoms with Crippen LogP contribution in [-0.4, -0.2) is 90.1 Å². The van der Waals surface area contributed by atoms with E-state index >= 15 is 0 Å². The van der Waals surface area contributed by atoms with Crippen molar-refractivity contribution >= 4 is 34.7 Å². The number of hydrogen-bond donors (Lipinski definition) is 3. The summed E-state index contributed by atoms with van der Waals surface area (Å²) < 4.78 is 37.1. The van der Waals surface area contributed by atoms with Crippen LogP contribution in [0.1, 0.15) is 69.0 Å². The summed E-state index contributed by atoms with van der Waals surface area (Å²) in [6, 6.07) is 7.72. The van der Waals surface area contributed by atoms with Gasteiger partial charge in [0.15, 0.2) is 28.5 Å². The first-order chi connectivity index (χ1) is 26.1. The Kier molecular flexibility index (Phi) is 7.58. The number of likely N-dealkylation sites (N-methyl/N-ethyl adjacent to an activating group) is 1. The maximum atomic E-state index is 14.7. The Labute approximate surface area is 315 Å². The van der Waals surface area contributed by atoms with Gasteiger partial charge in [-0.15, -0.1) is 11.8 Å². The van der Waals surface area contributed by atoms with E-state index in [1.54, 1.807) is 7.11 Å². The third-order valence-corrected chi connectivity index (χ3v) is 13.9. The van der Waals surface area contributed by atoms with Crippen LogP contribution in [0.4, 0.5) is 0 Å². The van der Waals surface area contributed by atoms with Gasteiger partial charge in [-0.05, 0) is 50.9 Å². The maximum absolute atomic E-state index is 14.7. The number of methoxy groups -OCH3 is 1. The smallest absolute Gasteiger partial charge is 0.335 e. The van der Waals surface area contributed by atoms with Crippen molar-refractivity contribution < 1.29 is 47.9 Å². The third-order valence-electron chi connectivity index (χ3n) is 12.5. The second kappa shape index (κ2) is 12.0. The van der Waals surface area contributed by atoms with Crippen molar-refractivity contribution in [1.29, 1.82) is 0 Å². The zero-order chi connectivity index (χ0) is 37.4. The number of rotatable bonds is 2. The van der Waals surface area contributed by atoms with Crippen LogP contribution in [0.15, 0.2) is 34.7 Å². The summed E-state index contributed by atoms with van der Waals surface area (Å²) in [6.07, 6.45) is 0.122. The number of fused-ring (bicyclic) bond motifs is 11. The van der Waals surface area contributed by atoms with E-state index in [1.807, 2.05) is 56.1 Å². The molecule has 2 fully saturated rings. The Hall–Kier alpha value is -4.47. The number of aryl methyl sites for hydroxylation is 1. The lowest BCUT2D eigenvalue weighted by Gasteiger charge is -2.62. The Morgan fingerprint density at radius 1 is 1.09 bits per heavy atom. The lowest BCUT2D eigenvalue weighted by atomic mass is 9.73. The van der Waals surface area contributed by atoms with E-state index in [2.05, 4.69) is 10.2 Å². The molecule has 3 N–H and O–H groups in total. The van der Waals surface area contributed by atoms with Crippen LogP contribution < -0.4 is 24.3 Å². The normalized spacial score (nSPS) is 29.6. The number of aromatic hydroxyl groups is 1. The fraction of sp³-hybridized carbons (Fsp3) is 0.450. The highest BCUT2D eigenvalue weighted by Gasteiger charge is 2.62. The van der Waals surface area contributed by atoms with Crippen LogP contribution in [0.3, 0.4) is 0 Å². The number of carbonyl (C=O) groups is 2. The number of hydrogen-bond acceptors (Lipinski definition) is 14. The maximum Gasteiger partial charge on any atom is 0.335 e. The second-order valence-electron chi connectivity index (χ2n) is 15.2. The Morgan fingerprint density at radius 2 is 1.89 bits per heavy atom. The quantitative estimate of drug-likeness (QED) is 0.195. The van der Waals surface area contributed by atoms with Crippen molar-refractivity contribution in [1.82, 2.24) is 15.1 Å². The number of carbonyl (C=O) groups excluding carboxylic acids is 2. The number of phenolic OH excluding ortho intramolecular Hbond substituents is 1. The molecule has 8 heterocycles. The van der Waals surface area contributed by atoms with E-state index < -0.39 is 47.1 Å². The molecule has 13 nitrogen and oxygen atoms in total. The molecule has 4 bridgehead atoms. The number of piperazine rings is 1. The fourth-order valence-corrected chi connectivity index (χ4v) is 11.9. The number of aliphatic hydroxyl groups excluding tert-OH is 1. The number of phenols is 1. The first kappa shape index (κ1) is 34.1. The SMILES string of the molecule is COc1c(C)cc2c(c1O)C1[C@@H]3[C@@H]4SC[C@]5(NCCc6c5oc5ccccc65)C(=O)OCC(c5c6c(c(C)c(OC(C)=O)c54)OCO6)N3[C@@H](O)[C@H](C2)N1C. The van der Waals surface area contributed by atoms with Gasteiger partial charge in [0.25, 0.3) is 0 Å². The number of para-hydroxylation sites is 1. The Bertz CT molecular complexity index is 2290. The minimum atomic E-state index is -1.35. The molecular formula is C40H41N3O10S. The molecule has 282 valence electrons. The molecule has 0 radical (unpaired) electrons. The highest BCUT2D eigenvalue weighted by Crippen LogP contribution is 2.64. The molecule has 0 amide bonds. The number of nitrogens with one attached hydrogen (secondary N) is 1. The zero-order valence-electron chi connectivity index (χ0n) is 30.6. The fourth-order valence-electron chi connectivity index (χ4n) is 10.3. The van der Waals surface area contributed by atoms with Crippen LogP contribution in [0, 0.1) is 13.8 Å². The van der Waals surface area contributed by atoms with Crippen LogP contribution in [0.5, 0.6) is 28.7 Å². The highest BCUT2D eigenvalue weighted by molar-refractivity contribution is 7.99. The van der Waals surface area contributed by atoms with Crippen molar-refractivity contribution in [2.24, 2.45) is 0 Å². The Balaban J connectivity index is 1.24. The minimum Gasteiger partial charge on any atom is -0.504 e. The zero-order valence-corrected chi connectivity index (χ0v) is 31.4. The predicted octanol–water partition coefficient (Wildman–Crippen LogP) is 4.45. The molecule has 11 rings (SSSR count). The number of furan rings is 1. The third kappa shape index (κ3) is 4.42. The van der Waals surface area contributed by atoms with Gasteiger partial charge in [-0.3, -0.25) is 19.9 Å². The number of aliphatic hydroxyl groups is 1. The second-order valence-corrected chi connectivity index (χ2v) is 16.3. The van der Waals surface area contributed by atoms with E-state index in [4.69, 9.17) is 28.1 Å². The van der Waals surface area contributed by atoms with Gasteiger partial charge in [-0.2, -0.15) is 0 Å². The number of ether oxygens (including phenoxy) is 5. The number of benzene rings is 3. The van der Waals surface area contributed by atoms with Crippen LogP contribution in [0.2, 0.25) is 0 Å². The van der Waals surface area contributed by atoms with E-state index in [0.717, 1.165) is 27.6 Å². The topological polar surface area (TPSA) is 152 Å². The molecule has 7 aliphatic heterocycles. The van der Waals surface area contributed by atoms with Gasteiger partial charge in [0.05, 0.1) is 30.5 Å². The van der Waals surface area contributed by atoms with Crippen molar-refractivity contribution in [2.75, 3.05) is 39.9 Å². The molecule has 7 atom stereocenters. The molecule has 4 aromatic rings. The summed E-state index contributed by atoms with van der Waals surface area (Å²) in [5.41, 5.74) is 4.74. The van der Waals surface area contributed by atoms with Crippen LogP contribution >= 0.6 is 11.8 Å². The summed E-state index contributed by atoms with van der Waals surface area (Å²) in [6.45, 7) is 5.44. The average molecular weight is 756 g/mol. The predicted molar refractivity (Wildman–Crippen MR) is 196 cm³/mol. The average Bonchev–Trinajstić information content (AvgIpc) is 3.80. The minimum absolute atomic E-state index is 0.0430. The standard InChI is InChI=1S/C40H41N3O10S/c1-17-12-20-13-23-38(46)43-24-14-49-39(47)40(37-22(10-11-41-40)21-8-6-7-9-25(21)53-37)15-54-36(30(43)29(42(23)4)26(20)31(45)32(17)48-5)28-27(24)35-34(50-16-51-35)18(2)33(28)52-19(3)44/h6-9,12,23-24,29-30,36,38,41,45-46H,10-11,13-16H2,1-5H3/t23-,24?,29?,30+,36+,38-,40+/m0/s1. The summed E-state index contributed by atoms with van der Waals surface area (Å²) in [7, 11) is 3.53. The lowest BCUT2D eigenvalue weighted by molar-refractivity contribution is -0.186. The lowest BCUT2D eigenvalue weighted by Crippen LogP contribution is -2.70. The molecule has 2 saturated heterocycles. The molecule has 0 saturated carbocycles. The summed E-state index contributed by atoms with van der Waals surface area (Å²) >= 11 is 1.50.